The summed E-state index contributed by atoms with van der Waals surface area (Å²) < 4.78 is 5.84. The van der Waals surface area contributed by atoms with E-state index in [9.17, 15) is 19.6 Å². The number of carboxylic acids is 1. The molecule has 0 bridgehead atoms. The smallest absolute Gasteiger partial charge is 0.303 e. The molecule has 36 heavy (non-hydrogen) atoms. The second-order valence-corrected chi connectivity index (χ2v) is 10.0. The number of nitrogens with zero attached hydrogens (tertiary/aromatic N) is 1. The van der Waals surface area contributed by atoms with Gasteiger partial charge in [0.2, 0.25) is 5.91 Å². The first kappa shape index (κ1) is 25.2. The van der Waals surface area contributed by atoms with E-state index in [0.717, 1.165) is 11.1 Å². The summed E-state index contributed by atoms with van der Waals surface area (Å²) in [7, 11) is 0. The second-order valence-electron chi connectivity index (χ2n) is 10.0. The molecular formula is C28H31N3O5. The summed E-state index contributed by atoms with van der Waals surface area (Å²) in [6, 6.07) is 12.6. The first-order valence-corrected chi connectivity index (χ1v) is 12.3. The van der Waals surface area contributed by atoms with Crippen molar-refractivity contribution in [3.05, 3.63) is 58.7 Å². The quantitative estimate of drug-likeness (QED) is 0.488. The molecule has 4 rings (SSSR count). The number of carboxylic acid groups (broad SMARTS) is 1. The summed E-state index contributed by atoms with van der Waals surface area (Å²) in [5.41, 5.74) is 2.82. The maximum absolute atomic E-state index is 13.4. The molecule has 2 atom stereocenters. The number of carbonyl (C=O) groups excluding carboxylic acids is 2. The minimum Gasteiger partial charge on any atom is -0.493 e. The van der Waals surface area contributed by atoms with Crippen molar-refractivity contribution in [2.75, 3.05) is 18.5 Å². The van der Waals surface area contributed by atoms with Gasteiger partial charge in [-0.25, -0.2) is 0 Å². The molecular weight excluding hydrogens is 458 g/mol. The lowest BCUT2D eigenvalue weighted by Crippen LogP contribution is -2.29. The van der Waals surface area contributed by atoms with Crippen LogP contribution in [0.4, 0.5) is 5.69 Å². The van der Waals surface area contributed by atoms with Crippen LogP contribution in [0.25, 0.3) is 0 Å². The molecule has 0 saturated heterocycles. The van der Waals surface area contributed by atoms with Crippen LogP contribution in [-0.4, -0.2) is 36.0 Å². The Balaban J connectivity index is 1.53. The van der Waals surface area contributed by atoms with Gasteiger partial charge in [0.1, 0.15) is 5.75 Å². The van der Waals surface area contributed by atoms with E-state index in [0.29, 0.717) is 67.3 Å². The first-order valence-electron chi connectivity index (χ1n) is 12.3. The van der Waals surface area contributed by atoms with Gasteiger partial charge in [-0.05, 0) is 67.5 Å². The molecule has 2 aromatic rings. The molecule has 1 aliphatic heterocycles. The molecule has 8 heteroatoms. The van der Waals surface area contributed by atoms with Gasteiger partial charge in [-0.3, -0.25) is 14.4 Å². The van der Waals surface area contributed by atoms with E-state index in [1.807, 2.05) is 26.0 Å². The fourth-order valence-electron chi connectivity index (χ4n) is 4.92. The highest BCUT2D eigenvalue weighted by Crippen LogP contribution is 2.61. The van der Waals surface area contributed by atoms with Crippen molar-refractivity contribution in [1.29, 1.82) is 5.26 Å². The number of fused-ring (bicyclic) bond motifs is 2. The number of nitrogens with one attached hydrogen (secondary N) is 2. The highest BCUT2D eigenvalue weighted by Gasteiger charge is 2.61. The van der Waals surface area contributed by atoms with Gasteiger partial charge in [0.15, 0.2) is 0 Å². The summed E-state index contributed by atoms with van der Waals surface area (Å²) in [6.07, 6.45) is 2.28. The average molecular weight is 490 g/mol. The zero-order valence-corrected chi connectivity index (χ0v) is 20.6. The van der Waals surface area contributed by atoms with Gasteiger partial charge in [-0.2, -0.15) is 5.26 Å². The highest BCUT2D eigenvalue weighted by atomic mass is 16.5. The topological polar surface area (TPSA) is 129 Å². The lowest BCUT2D eigenvalue weighted by atomic mass is 9.86. The minimum atomic E-state index is -0.871. The largest absolute Gasteiger partial charge is 0.493 e. The summed E-state index contributed by atoms with van der Waals surface area (Å²) in [5.74, 6) is -0.402. The Morgan fingerprint density at radius 3 is 2.75 bits per heavy atom. The number of benzene rings is 2. The number of aryl methyl sites for hydroxylation is 1. The van der Waals surface area contributed by atoms with Crippen LogP contribution in [0.1, 0.15) is 66.6 Å². The van der Waals surface area contributed by atoms with E-state index in [2.05, 4.69) is 16.7 Å². The summed E-state index contributed by atoms with van der Waals surface area (Å²) in [5, 5.41) is 24.2. The molecule has 0 radical (unpaired) electrons. The van der Waals surface area contributed by atoms with Gasteiger partial charge in [-0.1, -0.05) is 19.9 Å². The molecule has 188 valence electrons. The Hall–Kier alpha value is -3.86. The molecule has 2 aromatic carbocycles. The lowest BCUT2D eigenvalue weighted by molar-refractivity contribution is -0.137. The first-order chi connectivity index (χ1) is 17.2. The number of carbonyl (C=O) groups is 3. The van der Waals surface area contributed by atoms with Crippen molar-refractivity contribution >= 4 is 23.5 Å². The van der Waals surface area contributed by atoms with E-state index in [1.165, 1.54) is 0 Å². The normalized spacial score (nSPS) is 19.7. The molecule has 0 unspecified atom stereocenters. The number of rotatable bonds is 9. The van der Waals surface area contributed by atoms with E-state index in [1.54, 1.807) is 24.3 Å². The minimum absolute atomic E-state index is 0.0307. The Morgan fingerprint density at radius 2 is 2.03 bits per heavy atom. The van der Waals surface area contributed by atoms with Crippen LogP contribution in [0.5, 0.6) is 5.75 Å². The lowest BCUT2D eigenvalue weighted by Gasteiger charge is -2.27. The number of amides is 2. The van der Waals surface area contributed by atoms with Crippen molar-refractivity contribution in [1.82, 2.24) is 5.32 Å². The van der Waals surface area contributed by atoms with E-state index >= 15 is 0 Å². The highest BCUT2D eigenvalue weighted by molar-refractivity contribution is 5.98. The number of aliphatic carboxylic acids is 1. The maximum Gasteiger partial charge on any atom is 0.303 e. The van der Waals surface area contributed by atoms with Crippen molar-refractivity contribution in [3.63, 3.8) is 0 Å². The van der Waals surface area contributed by atoms with Crippen LogP contribution in [-0.2, 0) is 21.4 Å². The molecule has 8 nitrogen and oxygen atoms in total. The van der Waals surface area contributed by atoms with Crippen LogP contribution in [0, 0.1) is 23.2 Å². The van der Waals surface area contributed by atoms with E-state index in [-0.39, 0.29) is 29.6 Å². The van der Waals surface area contributed by atoms with Crippen LogP contribution in [0.15, 0.2) is 36.4 Å². The fourth-order valence-corrected chi connectivity index (χ4v) is 4.92. The van der Waals surface area contributed by atoms with Crippen LogP contribution >= 0.6 is 0 Å². The van der Waals surface area contributed by atoms with Gasteiger partial charge in [-0.15, -0.1) is 0 Å². The monoisotopic (exact) mass is 489 g/mol. The summed E-state index contributed by atoms with van der Waals surface area (Å²) in [4.78, 5) is 36.9. The Morgan fingerprint density at radius 1 is 1.22 bits per heavy atom. The average Bonchev–Trinajstić information content (AvgIpc) is 3.57. The van der Waals surface area contributed by atoms with Crippen molar-refractivity contribution in [3.8, 4) is 11.8 Å². The standard InChI is InChI=1S/C28H31N3O5/c1-17(2)16-30-26(34)20-8-9-24-21(13-20)28(10-11-36-24)14-22(28)27(35)31-23-12-18(15-29)6-7-19(23)4-3-5-25(32)33/h6-9,12-13,17,22H,3-5,10-11,14,16H2,1-2H3,(H,30,34)(H,31,35)(H,32,33)/t22-,28-/m0/s1. The third kappa shape index (κ3) is 5.35. The van der Waals surface area contributed by atoms with Crippen LogP contribution < -0.4 is 15.4 Å². The fraction of sp³-hybridized carbons (Fsp3) is 0.429. The number of hydrogen-bond acceptors (Lipinski definition) is 5. The molecule has 3 N–H and O–H groups in total. The molecule has 1 heterocycles. The van der Waals surface area contributed by atoms with Gasteiger partial charge < -0.3 is 20.5 Å². The molecule has 2 amide bonds. The van der Waals surface area contributed by atoms with Crippen LogP contribution in [0.2, 0.25) is 0 Å². The molecule has 2 aliphatic rings. The molecule has 1 aliphatic carbocycles. The third-order valence-corrected chi connectivity index (χ3v) is 6.98. The SMILES string of the molecule is CC(C)CNC(=O)c1ccc2c(c1)[C@]1(CCO2)C[C@H]1C(=O)Nc1cc(C#N)ccc1CCCC(=O)O. The Labute approximate surface area is 210 Å². The van der Waals surface area contributed by atoms with E-state index < -0.39 is 5.97 Å². The van der Waals surface area contributed by atoms with Gasteiger partial charge >= 0.3 is 5.97 Å². The summed E-state index contributed by atoms with van der Waals surface area (Å²) >= 11 is 0. The molecule has 1 spiro atoms. The molecule has 0 aromatic heterocycles. The summed E-state index contributed by atoms with van der Waals surface area (Å²) in [6.45, 7) is 5.15. The number of hydrogen-bond donors (Lipinski definition) is 3. The van der Waals surface area contributed by atoms with Crippen molar-refractivity contribution < 1.29 is 24.2 Å². The van der Waals surface area contributed by atoms with Gasteiger partial charge in [0.25, 0.3) is 5.91 Å². The Kier molecular flexibility index (Phi) is 7.30. The van der Waals surface area contributed by atoms with Gasteiger partial charge in [0.05, 0.1) is 18.2 Å². The molecule has 1 fully saturated rings. The number of ether oxygens (including phenoxy) is 1. The number of nitriles is 1. The van der Waals surface area contributed by atoms with Crippen molar-refractivity contribution in [2.45, 2.75) is 51.4 Å². The zero-order valence-electron chi connectivity index (χ0n) is 20.6. The maximum atomic E-state index is 13.4. The van der Waals surface area contributed by atoms with Crippen LogP contribution in [0.3, 0.4) is 0 Å². The second kappa shape index (κ2) is 10.4. The predicted octanol–water partition coefficient (Wildman–Crippen LogP) is 4.03. The van der Waals surface area contributed by atoms with Gasteiger partial charge in [0, 0.05) is 41.1 Å². The predicted molar refractivity (Wildman–Crippen MR) is 134 cm³/mol. The van der Waals surface area contributed by atoms with E-state index in [4.69, 9.17) is 9.84 Å². The number of anilines is 1. The third-order valence-electron chi connectivity index (χ3n) is 6.98. The van der Waals surface area contributed by atoms with Crippen molar-refractivity contribution in [2.24, 2.45) is 11.8 Å². The molecule has 1 saturated carbocycles. The Bertz CT molecular complexity index is 1230. The zero-order chi connectivity index (χ0) is 25.9.